The maximum atomic E-state index is 13.7. The van der Waals surface area contributed by atoms with Crippen LogP contribution in [0.2, 0.25) is 0 Å². The van der Waals surface area contributed by atoms with E-state index in [0.29, 0.717) is 11.6 Å². The van der Waals surface area contributed by atoms with E-state index in [4.69, 9.17) is 4.74 Å². The summed E-state index contributed by atoms with van der Waals surface area (Å²) in [4.78, 5) is 5.16. The number of hydrogen-bond acceptors (Lipinski definition) is 4. The van der Waals surface area contributed by atoms with Gasteiger partial charge in [0.15, 0.2) is 0 Å². The summed E-state index contributed by atoms with van der Waals surface area (Å²) >= 11 is 0. The topological polar surface area (TPSA) is 27.7 Å². The first kappa shape index (κ1) is 18.4. The summed E-state index contributed by atoms with van der Waals surface area (Å²) in [5, 5.41) is 3.43. The average molecular weight is 369 g/mol. The molecule has 27 heavy (non-hydrogen) atoms. The van der Waals surface area contributed by atoms with Crippen LogP contribution in [0.4, 0.5) is 4.39 Å². The van der Waals surface area contributed by atoms with Crippen molar-refractivity contribution in [2.45, 2.75) is 25.6 Å². The van der Waals surface area contributed by atoms with Gasteiger partial charge in [0, 0.05) is 57.4 Å². The van der Waals surface area contributed by atoms with E-state index in [0.717, 1.165) is 51.6 Å². The van der Waals surface area contributed by atoms with Gasteiger partial charge in [0.1, 0.15) is 18.2 Å². The van der Waals surface area contributed by atoms with Crippen LogP contribution >= 0.6 is 0 Å². The second-order valence-corrected chi connectivity index (χ2v) is 7.49. The Bertz CT molecular complexity index is 748. The summed E-state index contributed by atoms with van der Waals surface area (Å²) in [5.74, 6) is 0.582. The predicted molar refractivity (Wildman–Crippen MR) is 105 cm³/mol. The van der Waals surface area contributed by atoms with Crippen LogP contribution in [0.1, 0.15) is 17.5 Å². The molecule has 2 aliphatic rings. The number of halogens is 1. The minimum Gasteiger partial charge on any atom is -0.489 e. The molecule has 2 saturated heterocycles. The molecule has 1 atom stereocenters. The lowest BCUT2D eigenvalue weighted by Crippen LogP contribution is -2.49. The molecule has 0 saturated carbocycles. The lowest BCUT2D eigenvalue weighted by atomic mass is 10.2. The Balaban J connectivity index is 1.31. The summed E-state index contributed by atoms with van der Waals surface area (Å²) in [6.07, 6.45) is 1.25. The molecule has 0 bridgehead atoms. The van der Waals surface area contributed by atoms with Crippen LogP contribution in [0.3, 0.4) is 0 Å². The number of nitrogens with one attached hydrogen (secondary N) is 1. The fourth-order valence-electron chi connectivity index (χ4n) is 4.07. The van der Waals surface area contributed by atoms with Gasteiger partial charge in [0.2, 0.25) is 0 Å². The molecule has 1 N–H and O–H groups in total. The largest absolute Gasteiger partial charge is 0.489 e. The molecule has 2 heterocycles. The second-order valence-electron chi connectivity index (χ2n) is 7.49. The van der Waals surface area contributed by atoms with Gasteiger partial charge >= 0.3 is 0 Å². The highest BCUT2D eigenvalue weighted by atomic mass is 19.1. The zero-order valence-electron chi connectivity index (χ0n) is 15.7. The van der Waals surface area contributed by atoms with E-state index >= 15 is 0 Å². The van der Waals surface area contributed by atoms with Gasteiger partial charge in [-0.2, -0.15) is 0 Å². The van der Waals surface area contributed by atoms with Crippen molar-refractivity contribution >= 4 is 0 Å². The molecule has 2 aromatic carbocycles. The Kier molecular flexibility index (Phi) is 6.02. The highest BCUT2D eigenvalue weighted by Crippen LogP contribution is 2.21. The molecule has 0 spiro atoms. The normalized spacial score (nSPS) is 21.4. The smallest absolute Gasteiger partial charge is 0.129 e. The van der Waals surface area contributed by atoms with E-state index in [1.165, 1.54) is 18.1 Å². The van der Waals surface area contributed by atoms with Gasteiger partial charge in [0.05, 0.1) is 0 Å². The molecule has 0 aromatic heterocycles. The van der Waals surface area contributed by atoms with Gasteiger partial charge in [-0.05, 0) is 30.2 Å². The van der Waals surface area contributed by atoms with Crippen molar-refractivity contribution in [1.29, 1.82) is 0 Å². The minimum atomic E-state index is -0.218. The average Bonchev–Trinajstić information content (AvgIpc) is 3.17. The number of likely N-dealkylation sites (tertiary alicyclic amines) is 1. The fraction of sp³-hybridized carbons (Fsp3) is 0.455. The second kappa shape index (κ2) is 8.83. The molecule has 1 unspecified atom stereocenters. The maximum absolute atomic E-state index is 13.7. The first-order valence-electron chi connectivity index (χ1n) is 9.90. The third-order valence-corrected chi connectivity index (χ3v) is 5.57. The standard InChI is InChI=1S/C22H28FN3O/c23-22-7-2-1-5-19(22)17-27-21-6-3-4-18(14-21)15-25-11-8-20(16-25)26-12-9-24-10-13-26/h1-7,14,20,24H,8-13,15-17H2. The lowest BCUT2D eigenvalue weighted by molar-refractivity contribution is 0.170. The van der Waals surface area contributed by atoms with Crippen molar-refractivity contribution in [2.24, 2.45) is 0 Å². The van der Waals surface area contributed by atoms with Gasteiger partial charge in [-0.1, -0.05) is 30.3 Å². The zero-order chi connectivity index (χ0) is 18.5. The van der Waals surface area contributed by atoms with Crippen LogP contribution in [0.15, 0.2) is 48.5 Å². The number of rotatable bonds is 6. The molecule has 2 aromatic rings. The minimum absolute atomic E-state index is 0.218. The van der Waals surface area contributed by atoms with E-state index in [9.17, 15) is 4.39 Å². The lowest BCUT2D eigenvalue weighted by Gasteiger charge is -2.32. The summed E-state index contributed by atoms with van der Waals surface area (Å²) in [7, 11) is 0. The number of piperazine rings is 1. The van der Waals surface area contributed by atoms with E-state index < -0.39 is 0 Å². The van der Waals surface area contributed by atoms with Crippen LogP contribution in [0.25, 0.3) is 0 Å². The van der Waals surface area contributed by atoms with Crippen molar-refractivity contribution in [3.63, 3.8) is 0 Å². The van der Waals surface area contributed by atoms with E-state index in [1.54, 1.807) is 12.1 Å². The van der Waals surface area contributed by atoms with Gasteiger partial charge in [-0.3, -0.25) is 9.80 Å². The quantitative estimate of drug-likeness (QED) is 0.847. The van der Waals surface area contributed by atoms with E-state index in [-0.39, 0.29) is 12.4 Å². The molecule has 4 rings (SSSR count). The monoisotopic (exact) mass is 369 g/mol. The molecular formula is C22H28FN3O. The number of nitrogens with zero attached hydrogens (tertiary/aromatic N) is 2. The summed E-state index contributed by atoms with van der Waals surface area (Å²) in [6.45, 7) is 8.03. The predicted octanol–water partition coefficient (Wildman–Crippen LogP) is 2.88. The highest BCUT2D eigenvalue weighted by Gasteiger charge is 2.28. The maximum Gasteiger partial charge on any atom is 0.129 e. The molecule has 0 radical (unpaired) electrons. The molecule has 4 nitrogen and oxygen atoms in total. The van der Waals surface area contributed by atoms with Crippen molar-refractivity contribution < 1.29 is 9.13 Å². The molecular weight excluding hydrogens is 341 g/mol. The Morgan fingerprint density at radius 1 is 1.04 bits per heavy atom. The van der Waals surface area contributed by atoms with Gasteiger partial charge in [-0.15, -0.1) is 0 Å². The third kappa shape index (κ3) is 4.86. The summed E-state index contributed by atoms with van der Waals surface area (Å²) < 4.78 is 19.6. The Labute approximate surface area is 160 Å². The first-order valence-corrected chi connectivity index (χ1v) is 9.90. The van der Waals surface area contributed by atoms with Crippen molar-refractivity contribution in [3.05, 3.63) is 65.5 Å². The van der Waals surface area contributed by atoms with E-state index in [1.807, 2.05) is 18.2 Å². The van der Waals surface area contributed by atoms with Crippen molar-refractivity contribution in [1.82, 2.24) is 15.1 Å². The van der Waals surface area contributed by atoms with Gasteiger partial charge in [0.25, 0.3) is 0 Å². The molecule has 5 heteroatoms. The van der Waals surface area contributed by atoms with Crippen LogP contribution in [0, 0.1) is 5.82 Å². The van der Waals surface area contributed by atoms with E-state index in [2.05, 4.69) is 27.2 Å². The molecule has 0 aliphatic carbocycles. The summed E-state index contributed by atoms with van der Waals surface area (Å²) in [5.41, 5.74) is 1.84. The first-order chi connectivity index (χ1) is 13.3. The Hall–Kier alpha value is -1.95. The number of ether oxygens (including phenoxy) is 1. The van der Waals surface area contributed by atoms with Crippen molar-refractivity contribution in [3.8, 4) is 5.75 Å². The van der Waals surface area contributed by atoms with Crippen LogP contribution in [-0.4, -0.2) is 55.1 Å². The molecule has 2 fully saturated rings. The molecule has 2 aliphatic heterocycles. The van der Waals surface area contributed by atoms with Crippen molar-refractivity contribution in [2.75, 3.05) is 39.3 Å². The SMILES string of the molecule is Fc1ccccc1COc1cccc(CN2CCC(N3CCNCC3)C2)c1. The van der Waals surface area contributed by atoms with Gasteiger partial charge < -0.3 is 10.1 Å². The molecule has 144 valence electrons. The van der Waals surface area contributed by atoms with Crippen LogP contribution in [0.5, 0.6) is 5.75 Å². The Morgan fingerprint density at radius 3 is 2.74 bits per heavy atom. The number of hydrogen-bond donors (Lipinski definition) is 1. The number of benzene rings is 2. The molecule has 0 amide bonds. The third-order valence-electron chi connectivity index (χ3n) is 5.57. The van der Waals surface area contributed by atoms with Crippen LogP contribution in [-0.2, 0) is 13.2 Å². The summed E-state index contributed by atoms with van der Waals surface area (Å²) in [6, 6.07) is 15.6. The fourth-order valence-corrected chi connectivity index (χ4v) is 4.07. The van der Waals surface area contributed by atoms with Gasteiger partial charge in [-0.25, -0.2) is 4.39 Å². The highest BCUT2D eigenvalue weighted by molar-refractivity contribution is 5.29. The zero-order valence-corrected chi connectivity index (χ0v) is 15.7. The Morgan fingerprint density at radius 2 is 1.89 bits per heavy atom. The van der Waals surface area contributed by atoms with Crippen LogP contribution < -0.4 is 10.1 Å².